The third kappa shape index (κ3) is 4.16. The normalized spacial score (nSPS) is 15.9. The summed E-state index contributed by atoms with van der Waals surface area (Å²) in [5.74, 6) is 0.765. The zero-order chi connectivity index (χ0) is 15.2. The molecule has 2 rings (SSSR count). The molecule has 0 bridgehead atoms. The predicted molar refractivity (Wildman–Crippen MR) is 89.6 cm³/mol. The molecular weight excluding hydrogens is 282 g/mol. The van der Waals surface area contributed by atoms with E-state index in [1.807, 2.05) is 25.2 Å². The monoisotopic (exact) mass is 307 g/mol. The Morgan fingerprint density at radius 1 is 1.33 bits per heavy atom. The highest BCUT2D eigenvalue weighted by molar-refractivity contribution is 7.99. The summed E-state index contributed by atoms with van der Waals surface area (Å²) in [6.07, 6.45) is 6.53. The van der Waals surface area contributed by atoms with Gasteiger partial charge in [-0.2, -0.15) is 0 Å². The van der Waals surface area contributed by atoms with Gasteiger partial charge in [0, 0.05) is 18.5 Å². The highest BCUT2D eigenvalue weighted by Crippen LogP contribution is 2.32. The van der Waals surface area contributed by atoms with Crippen LogP contribution in [-0.4, -0.2) is 30.4 Å². The van der Waals surface area contributed by atoms with E-state index in [0.29, 0.717) is 11.5 Å². The molecule has 1 N–H and O–H groups in total. The van der Waals surface area contributed by atoms with Crippen molar-refractivity contribution in [1.29, 1.82) is 0 Å². The highest BCUT2D eigenvalue weighted by atomic mass is 32.2. The minimum absolute atomic E-state index is 0.461. The predicted octanol–water partition coefficient (Wildman–Crippen LogP) is 4.51. The molecule has 1 aliphatic carbocycles. The molecule has 1 fully saturated rings. The Hall–Kier alpha value is -1.16. The number of carboxylic acids is 1. The molecule has 1 aromatic carbocycles. The number of thioether (sulfide) groups is 1. The Bertz CT molecular complexity index is 484. The van der Waals surface area contributed by atoms with Crippen LogP contribution >= 0.6 is 11.8 Å². The fraction of sp³-hybridized carbons (Fsp3) is 0.588. The first-order valence-corrected chi connectivity index (χ1v) is 8.82. The number of carbonyl (C=O) groups is 1. The molecule has 0 amide bonds. The molecule has 0 aliphatic heterocycles. The zero-order valence-corrected chi connectivity index (χ0v) is 13.8. The van der Waals surface area contributed by atoms with E-state index >= 15 is 0 Å². The van der Waals surface area contributed by atoms with Gasteiger partial charge < -0.3 is 10.0 Å². The molecule has 0 radical (unpaired) electrons. The summed E-state index contributed by atoms with van der Waals surface area (Å²) in [7, 11) is 2.02. The van der Waals surface area contributed by atoms with Crippen LogP contribution in [0.1, 0.15) is 49.4 Å². The second-order valence-electron chi connectivity index (χ2n) is 5.77. The Labute approximate surface area is 131 Å². The van der Waals surface area contributed by atoms with Crippen molar-refractivity contribution < 1.29 is 9.90 Å². The molecule has 0 spiro atoms. The van der Waals surface area contributed by atoms with Crippen molar-refractivity contribution >= 4 is 23.4 Å². The molecule has 4 heteroatoms. The molecule has 0 heterocycles. The maximum absolute atomic E-state index is 11.7. The van der Waals surface area contributed by atoms with Crippen LogP contribution in [0.15, 0.2) is 23.1 Å². The minimum atomic E-state index is -0.822. The summed E-state index contributed by atoms with van der Waals surface area (Å²) >= 11 is 1.60. The van der Waals surface area contributed by atoms with Crippen molar-refractivity contribution in [1.82, 2.24) is 0 Å². The third-order valence-electron chi connectivity index (χ3n) is 4.19. The first-order chi connectivity index (χ1) is 10.1. The van der Waals surface area contributed by atoms with Crippen molar-refractivity contribution in [2.24, 2.45) is 5.92 Å². The fourth-order valence-electron chi connectivity index (χ4n) is 3.18. The third-order valence-corrected chi connectivity index (χ3v) is 5.13. The molecule has 0 unspecified atom stereocenters. The molecule has 1 aromatic rings. The van der Waals surface area contributed by atoms with Gasteiger partial charge in [-0.15, -0.1) is 11.8 Å². The van der Waals surface area contributed by atoms with Crippen LogP contribution in [0.2, 0.25) is 0 Å². The molecular formula is C17H25NO2S. The molecule has 0 saturated heterocycles. The molecule has 3 nitrogen and oxygen atoms in total. The van der Waals surface area contributed by atoms with Crippen LogP contribution in [0.5, 0.6) is 0 Å². The second kappa shape index (κ2) is 7.74. The maximum Gasteiger partial charge on any atom is 0.338 e. The lowest BCUT2D eigenvalue weighted by Crippen LogP contribution is -2.28. The molecule has 0 aromatic heterocycles. The van der Waals surface area contributed by atoms with Gasteiger partial charge in [0.1, 0.15) is 0 Å². The topological polar surface area (TPSA) is 40.5 Å². The number of rotatable bonds is 6. The van der Waals surface area contributed by atoms with Crippen LogP contribution < -0.4 is 4.90 Å². The number of hydrogen-bond acceptors (Lipinski definition) is 3. The van der Waals surface area contributed by atoms with E-state index in [2.05, 4.69) is 11.8 Å². The molecule has 1 saturated carbocycles. The van der Waals surface area contributed by atoms with Crippen molar-refractivity contribution in [3.05, 3.63) is 23.8 Å². The van der Waals surface area contributed by atoms with E-state index < -0.39 is 5.97 Å². The Morgan fingerprint density at radius 2 is 2.05 bits per heavy atom. The van der Waals surface area contributed by atoms with Crippen LogP contribution in [0, 0.1) is 5.92 Å². The van der Waals surface area contributed by atoms with E-state index in [4.69, 9.17) is 0 Å². The molecule has 1 aliphatic rings. The van der Waals surface area contributed by atoms with Crippen LogP contribution in [0.25, 0.3) is 0 Å². The van der Waals surface area contributed by atoms with Gasteiger partial charge >= 0.3 is 5.97 Å². The average molecular weight is 307 g/mol. The quantitative estimate of drug-likeness (QED) is 0.785. The first kappa shape index (κ1) is 16.2. The average Bonchev–Trinajstić information content (AvgIpc) is 2.48. The summed E-state index contributed by atoms with van der Waals surface area (Å²) < 4.78 is 0. The van der Waals surface area contributed by atoms with Gasteiger partial charge in [-0.25, -0.2) is 4.79 Å². The van der Waals surface area contributed by atoms with E-state index in [1.165, 1.54) is 32.1 Å². The van der Waals surface area contributed by atoms with Crippen LogP contribution in [0.3, 0.4) is 0 Å². The summed E-state index contributed by atoms with van der Waals surface area (Å²) in [6.45, 7) is 3.01. The summed E-state index contributed by atoms with van der Waals surface area (Å²) in [5.41, 5.74) is 1.31. The van der Waals surface area contributed by atoms with E-state index in [1.54, 1.807) is 11.8 Å². The second-order valence-corrected chi connectivity index (χ2v) is 7.08. The zero-order valence-electron chi connectivity index (χ0n) is 13.0. The Kier molecular flexibility index (Phi) is 5.97. The van der Waals surface area contributed by atoms with Gasteiger partial charge in [0.15, 0.2) is 0 Å². The van der Waals surface area contributed by atoms with Gasteiger partial charge in [0.05, 0.1) is 11.3 Å². The fourth-order valence-corrected chi connectivity index (χ4v) is 4.01. The van der Waals surface area contributed by atoms with Gasteiger partial charge in [0.2, 0.25) is 0 Å². The number of benzene rings is 1. The maximum atomic E-state index is 11.7. The number of hydrogen-bond donors (Lipinski definition) is 1. The van der Waals surface area contributed by atoms with Crippen LogP contribution in [0.4, 0.5) is 5.69 Å². The van der Waals surface area contributed by atoms with Gasteiger partial charge in [-0.1, -0.05) is 32.3 Å². The lowest BCUT2D eigenvalue weighted by Gasteiger charge is -2.29. The first-order valence-electron chi connectivity index (χ1n) is 7.83. The summed E-state index contributed by atoms with van der Waals surface area (Å²) in [6, 6.07) is 5.82. The smallest absolute Gasteiger partial charge is 0.338 e. The SMILES string of the molecule is CCSc1cccc(N(C)CC2CCCCC2)c1C(=O)O. The van der Waals surface area contributed by atoms with Crippen LogP contribution in [-0.2, 0) is 0 Å². The molecule has 0 atom stereocenters. The van der Waals surface area contributed by atoms with E-state index in [-0.39, 0.29) is 0 Å². The summed E-state index contributed by atoms with van der Waals surface area (Å²) in [5, 5.41) is 9.59. The van der Waals surface area contributed by atoms with Gasteiger partial charge in [-0.3, -0.25) is 0 Å². The van der Waals surface area contributed by atoms with Gasteiger partial charge in [-0.05, 0) is 36.6 Å². The minimum Gasteiger partial charge on any atom is -0.478 e. The number of anilines is 1. The lowest BCUT2D eigenvalue weighted by atomic mass is 9.89. The number of nitrogens with zero attached hydrogens (tertiary/aromatic N) is 1. The number of aromatic carboxylic acids is 1. The van der Waals surface area contributed by atoms with Gasteiger partial charge in [0.25, 0.3) is 0 Å². The summed E-state index contributed by atoms with van der Waals surface area (Å²) in [4.78, 5) is 14.7. The van der Waals surface area contributed by atoms with E-state index in [9.17, 15) is 9.90 Å². The Balaban J connectivity index is 2.20. The standard InChI is InChI=1S/C17H25NO2S/c1-3-21-15-11-7-10-14(16(15)17(19)20)18(2)12-13-8-5-4-6-9-13/h7,10-11,13H,3-6,8-9,12H2,1-2H3,(H,19,20). The molecule has 116 valence electrons. The highest BCUT2D eigenvalue weighted by Gasteiger charge is 2.21. The van der Waals surface area contributed by atoms with E-state index in [0.717, 1.165) is 22.9 Å². The van der Waals surface area contributed by atoms with Crippen molar-refractivity contribution in [2.45, 2.75) is 43.9 Å². The van der Waals surface area contributed by atoms with Crippen molar-refractivity contribution in [3.8, 4) is 0 Å². The van der Waals surface area contributed by atoms with Crippen molar-refractivity contribution in [2.75, 3.05) is 24.2 Å². The lowest BCUT2D eigenvalue weighted by molar-refractivity contribution is 0.0694. The largest absolute Gasteiger partial charge is 0.478 e. The van der Waals surface area contributed by atoms with Crippen molar-refractivity contribution in [3.63, 3.8) is 0 Å². The Morgan fingerprint density at radius 3 is 2.67 bits per heavy atom. The molecule has 21 heavy (non-hydrogen) atoms. The number of carboxylic acid groups (broad SMARTS) is 1.